The number of nitrogen functional groups attached to an aromatic ring is 1. The number of carbonyl (C=O) groups excluding carboxylic acids is 1. The van der Waals surface area contributed by atoms with Crippen molar-refractivity contribution in [1.29, 1.82) is 0 Å². The number of para-hydroxylation sites is 1. The normalized spacial score (nSPS) is 10.4. The zero-order chi connectivity index (χ0) is 14.1. The maximum absolute atomic E-state index is 11.7. The highest BCUT2D eigenvalue weighted by Crippen LogP contribution is 2.22. The highest BCUT2D eigenvalue weighted by atomic mass is 16.5. The van der Waals surface area contributed by atoms with E-state index in [1.54, 1.807) is 6.07 Å². The lowest BCUT2D eigenvalue weighted by Gasteiger charge is -2.11. The summed E-state index contributed by atoms with van der Waals surface area (Å²) >= 11 is 0. The molecule has 0 unspecified atom stereocenters. The summed E-state index contributed by atoms with van der Waals surface area (Å²) < 4.78 is 5.34. The Balaban J connectivity index is 2.28. The topological polar surface area (TPSA) is 64.3 Å². The number of amides is 1. The lowest BCUT2D eigenvalue weighted by Crippen LogP contribution is -2.20. The van der Waals surface area contributed by atoms with Crippen molar-refractivity contribution >= 4 is 17.3 Å². The van der Waals surface area contributed by atoms with E-state index in [0.717, 1.165) is 18.4 Å². The second kappa shape index (κ2) is 8.53. The summed E-state index contributed by atoms with van der Waals surface area (Å²) in [4.78, 5) is 11.7. The van der Waals surface area contributed by atoms with Gasteiger partial charge in [0.15, 0.2) is 0 Å². The van der Waals surface area contributed by atoms with E-state index in [0.29, 0.717) is 18.0 Å². The average Bonchev–Trinajstić information content (AvgIpc) is 2.38. The number of anilines is 2. The number of aryl methyl sites for hydroxylation is 1. The Bertz CT molecular complexity index is 385. The summed E-state index contributed by atoms with van der Waals surface area (Å²) in [5.41, 5.74) is 8.04. The van der Waals surface area contributed by atoms with E-state index in [2.05, 4.69) is 12.2 Å². The molecule has 0 atom stereocenters. The Kier molecular flexibility index (Phi) is 6.97. The third kappa shape index (κ3) is 5.75. The van der Waals surface area contributed by atoms with Crippen molar-refractivity contribution < 1.29 is 9.53 Å². The van der Waals surface area contributed by atoms with E-state index in [9.17, 15) is 4.79 Å². The van der Waals surface area contributed by atoms with Crippen LogP contribution in [0.15, 0.2) is 18.2 Å². The van der Waals surface area contributed by atoms with Crippen LogP contribution in [0.5, 0.6) is 0 Å². The minimum atomic E-state index is -0.156. The van der Waals surface area contributed by atoms with Crippen molar-refractivity contribution in [3.63, 3.8) is 0 Å². The summed E-state index contributed by atoms with van der Waals surface area (Å²) in [7, 11) is 0. The van der Waals surface area contributed by atoms with E-state index in [1.807, 2.05) is 19.1 Å². The molecule has 4 nitrogen and oxygen atoms in total. The number of nitrogens with one attached hydrogen (secondary N) is 1. The molecule has 19 heavy (non-hydrogen) atoms. The molecule has 0 aliphatic carbocycles. The summed E-state index contributed by atoms with van der Waals surface area (Å²) in [5, 5.41) is 2.79. The van der Waals surface area contributed by atoms with Gasteiger partial charge in [0.2, 0.25) is 5.91 Å². The second-order valence-electron chi connectivity index (χ2n) is 4.70. The van der Waals surface area contributed by atoms with Gasteiger partial charge in [-0.25, -0.2) is 0 Å². The van der Waals surface area contributed by atoms with Gasteiger partial charge in [0, 0.05) is 6.61 Å². The monoisotopic (exact) mass is 264 g/mol. The van der Waals surface area contributed by atoms with Gasteiger partial charge < -0.3 is 15.8 Å². The zero-order valence-corrected chi connectivity index (χ0v) is 11.9. The fourth-order valence-corrected chi connectivity index (χ4v) is 1.83. The van der Waals surface area contributed by atoms with Gasteiger partial charge in [0.05, 0.1) is 11.4 Å². The Morgan fingerprint density at radius 1 is 1.32 bits per heavy atom. The van der Waals surface area contributed by atoms with Gasteiger partial charge in [-0.15, -0.1) is 0 Å². The molecule has 0 fully saturated rings. The Morgan fingerprint density at radius 2 is 2.11 bits per heavy atom. The van der Waals surface area contributed by atoms with E-state index < -0.39 is 0 Å². The van der Waals surface area contributed by atoms with Gasteiger partial charge >= 0.3 is 0 Å². The number of hydrogen-bond donors (Lipinski definition) is 2. The lowest BCUT2D eigenvalue weighted by molar-refractivity contribution is -0.120. The SMILES string of the molecule is CCCCCCOCC(=O)Nc1c(C)cccc1N. The van der Waals surface area contributed by atoms with Crippen LogP contribution in [-0.4, -0.2) is 19.1 Å². The number of hydrogen-bond acceptors (Lipinski definition) is 3. The third-order valence-electron chi connectivity index (χ3n) is 2.94. The maximum Gasteiger partial charge on any atom is 0.250 e. The molecule has 1 aromatic rings. The predicted octanol–water partition coefficient (Wildman–Crippen LogP) is 3.11. The van der Waals surface area contributed by atoms with Crippen molar-refractivity contribution in [2.45, 2.75) is 39.5 Å². The Morgan fingerprint density at radius 3 is 2.79 bits per heavy atom. The standard InChI is InChI=1S/C15H24N2O2/c1-3-4-5-6-10-19-11-14(18)17-15-12(2)8-7-9-13(15)16/h7-9H,3-6,10-11,16H2,1-2H3,(H,17,18). The van der Waals surface area contributed by atoms with Crippen LogP contribution < -0.4 is 11.1 Å². The molecule has 0 aromatic heterocycles. The fourth-order valence-electron chi connectivity index (χ4n) is 1.83. The van der Waals surface area contributed by atoms with Crippen molar-refractivity contribution in [2.75, 3.05) is 24.3 Å². The molecule has 0 bridgehead atoms. The average molecular weight is 264 g/mol. The Hall–Kier alpha value is -1.55. The van der Waals surface area contributed by atoms with Crippen LogP contribution in [0.2, 0.25) is 0 Å². The van der Waals surface area contributed by atoms with Gasteiger partial charge in [-0.05, 0) is 25.0 Å². The molecule has 0 saturated carbocycles. The number of rotatable bonds is 8. The molecule has 4 heteroatoms. The molecule has 1 rings (SSSR count). The van der Waals surface area contributed by atoms with Crippen molar-refractivity contribution in [3.05, 3.63) is 23.8 Å². The minimum Gasteiger partial charge on any atom is -0.397 e. The van der Waals surface area contributed by atoms with Gasteiger partial charge in [-0.3, -0.25) is 4.79 Å². The van der Waals surface area contributed by atoms with E-state index >= 15 is 0 Å². The highest BCUT2D eigenvalue weighted by molar-refractivity contribution is 5.95. The van der Waals surface area contributed by atoms with Gasteiger partial charge in [-0.1, -0.05) is 38.3 Å². The van der Waals surface area contributed by atoms with Crippen LogP contribution in [0.1, 0.15) is 38.2 Å². The van der Waals surface area contributed by atoms with Crippen LogP contribution in [0, 0.1) is 6.92 Å². The van der Waals surface area contributed by atoms with Crippen LogP contribution in [0.3, 0.4) is 0 Å². The smallest absolute Gasteiger partial charge is 0.250 e. The first-order valence-corrected chi connectivity index (χ1v) is 6.87. The van der Waals surface area contributed by atoms with Gasteiger partial charge in [0.1, 0.15) is 6.61 Å². The number of nitrogens with two attached hydrogens (primary N) is 1. The van der Waals surface area contributed by atoms with Crippen LogP contribution in [0.25, 0.3) is 0 Å². The van der Waals surface area contributed by atoms with Crippen LogP contribution in [-0.2, 0) is 9.53 Å². The molecule has 106 valence electrons. The molecule has 1 amide bonds. The highest BCUT2D eigenvalue weighted by Gasteiger charge is 2.07. The maximum atomic E-state index is 11.7. The summed E-state index contributed by atoms with van der Waals surface area (Å²) in [6, 6.07) is 5.55. The summed E-state index contributed by atoms with van der Waals surface area (Å²) in [6.07, 6.45) is 4.58. The summed E-state index contributed by atoms with van der Waals surface area (Å²) in [5.74, 6) is -0.156. The first-order chi connectivity index (χ1) is 9.15. The molecule has 0 radical (unpaired) electrons. The molecular weight excluding hydrogens is 240 g/mol. The predicted molar refractivity (Wildman–Crippen MR) is 79.2 cm³/mol. The number of benzene rings is 1. The fraction of sp³-hybridized carbons (Fsp3) is 0.533. The van der Waals surface area contributed by atoms with E-state index in [-0.39, 0.29) is 12.5 Å². The van der Waals surface area contributed by atoms with Crippen molar-refractivity contribution in [1.82, 2.24) is 0 Å². The second-order valence-corrected chi connectivity index (χ2v) is 4.70. The van der Waals surface area contributed by atoms with Crippen LogP contribution >= 0.6 is 0 Å². The third-order valence-corrected chi connectivity index (χ3v) is 2.94. The van der Waals surface area contributed by atoms with Gasteiger partial charge in [0.25, 0.3) is 0 Å². The molecule has 0 heterocycles. The largest absolute Gasteiger partial charge is 0.397 e. The minimum absolute atomic E-state index is 0.0832. The molecular formula is C15H24N2O2. The molecule has 0 saturated heterocycles. The van der Waals surface area contributed by atoms with E-state index in [4.69, 9.17) is 10.5 Å². The molecule has 0 aliphatic rings. The molecule has 0 spiro atoms. The quantitative estimate of drug-likeness (QED) is 0.560. The molecule has 3 N–H and O–H groups in total. The first kappa shape index (κ1) is 15.5. The molecule has 0 aliphatic heterocycles. The number of carbonyl (C=O) groups is 1. The number of unbranched alkanes of at least 4 members (excludes halogenated alkanes) is 3. The Labute approximate surface area is 115 Å². The van der Waals surface area contributed by atoms with E-state index in [1.165, 1.54) is 12.8 Å². The first-order valence-electron chi connectivity index (χ1n) is 6.87. The van der Waals surface area contributed by atoms with Gasteiger partial charge in [-0.2, -0.15) is 0 Å². The summed E-state index contributed by atoms with van der Waals surface area (Å²) in [6.45, 7) is 4.80. The zero-order valence-electron chi connectivity index (χ0n) is 11.9. The molecule has 1 aromatic carbocycles. The van der Waals surface area contributed by atoms with Crippen molar-refractivity contribution in [3.8, 4) is 0 Å². The number of ether oxygens (including phenoxy) is 1. The lowest BCUT2D eigenvalue weighted by atomic mass is 10.1. The van der Waals surface area contributed by atoms with Crippen LogP contribution in [0.4, 0.5) is 11.4 Å². The van der Waals surface area contributed by atoms with Crippen molar-refractivity contribution in [2.24, 2.45) is 0 Å².